The molecule has 2 aromatic carbocycles. The summed E-state index contributed by atoms with van der Waals surface area (Å²) < 4.78 is 5.46. The standard InChI is InChI=1S/C17H15N3O3S/c21-16(11-4-3-5-12(10-11)17(22)23)19-9-8-18-15-13-6-1-2-7-14(13)24-20-15/h1-7,10H,8-9H2,(H,18,20)(H,19,21)(H,22,23). The quantitative estimate of drug-likeness (QED) is 0.600. The maximum Gasteiger partial charge on any atom is 0.335 e. The Morgan fingerprint density at radius 1 is 1.04 bits per heavy atom. The molecule has 3 aromatic rings. The number of hydrogen-bond acceptors (Lipinski definition) is 5. The highest BCUT2D eigenvalue weighted by atomic mass is 32.1. The lowest BCUT2D eigenvalue weighted by Crippen LogP contribution is -2.29. The second kappa shape index (κ2) is 7.10. The van der Waals surface area contributed by atoms with E-state index in [4.69, 9.17) is 5.11 Å². The van der Waals surface area contributed by atoms with Gasteiger partial charge >= 0.3 is 5.97 Å². The minimum atomic E-state index is -1.05. The number of carbonyl (C=O) groups is 2. The molecule has 1 amide bonds. The maximum absolute atomic E-state index is 12.0. The van der Waals surface area contributed by atoms with E-state index in [1.54, 1.807) is 12.1 Å². The first-order chi connectivity index (χ1) is 11.6. The van der Waals surface area contributed by atoms with Crippen molar-refractivity contribution in [2.24, 2.45) is 0 Å². The van der Waals surface area contributed by atoms with Crippen LogP contribution in [0.25, 0.3) is 10.1 Å². The fourth-order valence-electron chi connectivity index (χ4n) is 2.27. The van der Waals surface area contributed by atoms with Crippen molar-refractivity contribution >= 4 is 39.3 Å². The molecule has 0 radical (unpaired) electrons. The molecule has 122 valence electrons. The topological polar surface area (TPSA) is 91.3 Å². The van der Waals surface area contributed by atoms with Gasteiger partial charge in [-0.15, -0.1) is 0 Å². The molecule has 0 aliphatic carbocycles. The van der Waals surface area contributed by atoms with Crippen LogP contribution in [0.1, 0.15) is 20.7 Å². The normalized spacial score (nSPS) is 10.5. The fourth-order valence-corrected chi connectivity index (χ4v) is 3.02. The van der Waals surface area contributed by atoms with Crippen LogP contribution in [0.4, 0.5) is 5.82 Å². The van der Waals surface area contributed by atoms with E-state index in [9.17, 15) is 9.59 Å². The monoisotopic (exact) mass is 341 g/mol. The Hall–Kier alpha value is -2.93. The lowest BCUT2D eigenvalue weighted by Gasteiger charge is -2.07. The fraction of sp³-hybridized carbons (Fsp3) is 0.118. The highest BCUT2D eigenvalue weighted by Gasteiger charge is 2.09. The van der Waals surface area contributed by atoms with Gasteiger partial charge in [0, 0.05) is 24.0 Å². The number of amides is 1. The van der Waals surface area contributed by atoms with E-state index in [1.165, 1.54) is 23.7 Å². The third-order valence-electron chi connectivity index (χ3n) is 3.45. The van der Waals surface area contributed by atoms with Crippen molar-refractivity contribution in [3.8, 4) is 0 Å². The van der Waals surface area contributed by atoms with Crippen molar-refractivity contribution in [3.63, 3.8) is 0 Å². The van der Waals surface area contributed by atoms with Crippen molar-refractivity contribution in [2.45, 2.75) is 0 Å². The summed E-state index contributed by atoms with van der Waals surface area (Å²) in [5.74, 6) is -0.553. The van der Waals surface area contributed by atoms with Crippen LogP contribution in [0.3, 0.4) is 0 Å². The molecular formula is C17H15N3O3S. The number of hydrogen-bond donors (Lipinski definition) is 3. The van der Waals surface area contributed by atoms with Gasteiger partial charge in [0.1, 0.15) is 5.82 Å². The van der Waals surface area contributed by atoms with Gasteiger partial charge in [-0.1, -0.05) is 18.2 Å². The van der Waals surface area contributed by atoms with Crippen LogP contribution >= 0.6 is 11.5 Å². The lowest BCUT2D eigenvalue weighted by molar-refractivity contribution is 0.0697. The van der Waals surface area contributed by atoms with Gasteiger partial charge < -0.3 is 15.7 Å². The Kier molecular flexibility index (Phi) is 4.72. The number of fused-ring (bicyclic) bond motifs is 1. The number of nitrogens with one attached hydrogen (secondary N) is 2. The average molecular weight is 341 g/mol. The van der Waals surface area contributed by atoms with Crippen molar-refractivity contribution < 1.29 is 14.7 Å². The molecule has 0 aliphatic heterocycles. The number of carboxylic acids is 1. The molecule has 1 aromatic heterocycles. The summed E-state index contributed by atoms with van der Waals surface area (Å²) in [5, 5.41) is 16.0. The van der Waals surface area contributed by atoms with Gasteiger partial charge in [-0.05, 0) is 41.9 Å². The van der Waals surface area contributed by atoms with Crippen LogP contribution in [-0.2, 0) is 0 Å². The number of benzene rings is 2. The third-order valence-corrected chi connectivity index (χ3v) is 4.28. The SMILES string of the molecule is O=C(O)c1cccc(C(=O)NCCNc2nsc3ccccc23)c1. The number of anilines is 1. The molecular weight excluding hydrogens is 326 g/mol. The Balaban J connectivity index is 1.54. The van der Waals surface area contributed by atoms with E-state index >= 15 is 0 Å². The Morgan fingerprint density at radius 2 is 1.83 bits per heavy atom. The zero-order valence-corrected chi connectivity index (χ0v) is 13.5. The van der Waals surface area contributed by atoms with E-state index in [2.05, 4.69) is 15.0 Å². The number of nitrogens with zero attached hydrogens (tertiary/aromatic N) is 1. The molecule has 0 fully saturated rings. The van der Waals surface area contributed by atoms with E-state index in [0.29, 0.717) is 18.7 Å². The number of aromatic carboxylic acids is 1. The Labute approximate surface area is 142 Å². The molecule has 0 spiro atoms. The highest BCUT2D eigenvalue weighted by Crippen LogP contribution is 2.25. The van der Waals surface area contributed by atoms with Crippen molar-refractivity contribution in [2.75, 3.05) is 18.4 Å². The molecule has 3 N–H and O–H groups in total. The largest absolute Gasteiger partial charge is 0.478 e. The van der Waals surface area contributed by atoms with Gasteiger partial charge in [-0.2, -0.15) is 4.37 Å². The second-order valence-corrected chi connectivity index (χ2v) is 5.90. The molecule has 0 saturated carbocycles. The average Bonchev–Trinajstić information content (AvgIpc) is 3.02. The van der Waals surface area contributed by atoms with Crippen molar-refractivity contribution in [1.82, 2.24) is 9.69 Å². The first kappa shape index (κ1) is 15.9. The molecule has 0 aliphatic rings. The summed E-state index contributed by atoms with van der Waals surface area (Å²) in [6, 6.07) is 13.9. The summed E-state index contributed by atoms with van der Waals surface area (Å²) in [4.78, 5) is 23.0. The summed E-state index contributed by atoms with van der Waals surface area (Å²) >= 11 is 1.42. The maximum atomic E-state index is 12.0. The van der Waals surface area contributed by atoms with Crippen LogP contribution < -0.4 is 10.6 Å². The van der Waals surface area contributed by atoms with Crippen LogP contribution in [0.15, 0.2) is 48.5 Å². The number of carbonyl (C=O) groups excluding carboxylic acids is 1. The first-order valence-corrected chi connectivity index (χ1v) is 8.12. The second-order valence-electron chi connectivity index (χ2n) is 5.10. The van der Waals surface area contributed by atoms with Crippen LogP contribution in [0, 0.1) is 0 Å². The van der Waals surface area contributed by atoms with E-state index < -0.39 is 5.97 Å². The third kappa shape index (κ3) is 3.52. The molecule has 0 bridgehead atoms. The minimum Gasteiger partial charge on any atom is -0.478 e. The molecule has 1 heterocycles. The van der Waals surface area contributed by atoms with E-state index in [-0.39, 0.29) is 11.5 Å². The molecule has 0 atom stereocenters. The van der Waals surface area contributed by atoms with Crippen LogP contribution in [0.2, 0.25) is 0 Å². The summed E-state index contributed by atoms with van der Waals surface area (Å²) in [6.45, 7) is 0.931. The molecule has 3 rings (SSSR count). The zero-order chi connectivity index (χ0) is 16.9. The summed E-state index contributed by atoms with van der Waals surface area (Å²) in [7, 11) is 0. The van der Waals surface area contributed by atoms with Gasteiger partial charge in [0.25, 0.3) is 5.91 Å². The van der Waals surface area contributed by atoms with Gasteiger partial charge in [-0.3, -0.25) is 4.79 Å². The molecule has 24 heavy (non-hydrogen) atoms. The van der Waals surface area contributed by atoms with Gasteiger partial charge in [-0.25, -0.2) is 4.79 Å². The van der Waals surface area contributed by atoms with Crippen molar-refractivity contribution in [3.05, 3.63) is 59.7 Å². The molecule has 6 nitrogen and oxygen atoms in total. The Morgan fingerprint density at radius 3 is 2.67 bits per heavy atom. The number of carboxylic acid groups (broad SMARTS) is 1. The van der Waals surface area contributed by atoms with Gasteiger partial charge in [0.15, 0.2) is 0 Å². The van der Waals surface area contributed by atoms with E-state index in [0.717, 1.165) is 15.9 Å². The minimum absolute atomic E-state index is 0.0923. The molecule has 7 heteroatoms. The zero-order valence-electron chi connectivity index (χ0n) is 12.7. The Bertz CT molecular complexity index is 891. The molecule has 0 saturated heterocycles. The number of rotatable bonds is 6. The number of aromatic nitrogens is 1. The smallest absolute Gasteiger partial charge is 0.335 e. The summed E-state index contributed by atoms with van der Waals surface area (Å²) in [6.07, 6.45) is 0. The predicted octanol–water partition coefficient (Wildman–Crippen LogP) is 2.84. The first-order valence-electron chi connectivity index (χ1n) is 7.35. The molecule has 0 unspecified atom stereocenters. The highest BCUT2D eigenvalue weighted by molar-refractivity contribution is 7.13. The predicted molar refractivity (Wildman–Crippen MR) is 93.8 cm³/mol. The van der Waals surface area contributed by atoms with Crippen LogP contribution in [-0.4, -0.2) is 34.4 Å². The lowest BCUT2D eigenvalue weighted by atomic mass is 10.1. The van der Waals surface area contributed by atoms with Crippen molar-refractivity contribution in [1.29, 1.82) is 0 Å². The van der Waals surface area contributed by atoms with Gasteiger partial charge in [0.05, 0.1) is 10.3 Å². The summed E-state index contributed by atoms with van der Waals surface area (Å²) in [5.41, 5.74) is 0.420. The van der Waals surface area contributed by atoms with Gasteiger partial charge in [0.2, 0.25) is 0 Å². The van der Waals surface area contributed by atoms with E-state index in [1.807, 2.05) is 24.3 Å². The van der Waals surface area contributed by atoms with Crippen LogP contribution in [0.5, 0.6) is 0 Å².